The monoisotopic (exact) mass is 1810 g/mol. The lowest BCUT2D eigenvalue weighted by Gasteiger charge is -2.26. The van der Waals surface area contributed by atoms with Gasteiger partial charge in [0.15, 0.2) is 0 Å². The summed E-state index contributed by atoms with van der Waals surface area (Å²) in [6, 6.07) is 56.8. The maximum Gasteiger partial charge on any atom is 0.0930 e. The Morgan fingerprint density at radius 2 is 0.388 bits per heavy atom. The van der Waals surface area contributed by atoms with Crippen LogP contribution < -0.4 is 0 Å². The van der Waals surface area contributed by atoms with Crippen LogP contribution in [0, 0.1) is 0 Å². The molecule has 8 nitrogen and oxygen atoms in total. The number of H-pyrrole nitrogens is 4. The fourth-order valence-corrected chi connectivity index (χ4v) is 19.9. The minimum Gasteiger partial charge on any atom is -0.354 e. The van der Waals surface area contributed by atoms with Crippen molar-refractivity contribution in [1.82, 2.24) is 39.9 Å². The fourth-order valence-electron chi connectivity index (χ4n) is 19.3. The van der Waals surface area contributed by atoms with E-state index in [2.05, 4.69) is 451 Å². The van der Waals surface area contributed by atoms with Crippen molar-refractivity contribution >= 4 is 136 Å². The molecular weight excluding hydrogens is 1670 g/mol. The largest absolute Gasteiger partial charge is 0.354 e. The van der Waals surface area contributed by atoms with Crippen LogP contribution in [0.2, 0.25) is 10.0 Å². The molecule has 0 aliphatic carbocycles. The molecule has 0 unspecified atom stereocenters. The van der Waals surface area contributed by atoms with Gasteiger partial charge in [-0.1, -0.05) is 382 Å². The van der Waals surface area contributed by atoms with Gasteiger partial charge < -0.3 is 19.9 Å². The van der Waals surface area contributed by atoms with Gasteiger partial charge in [-0.15, -0.1) is 0 Å². The van der Waals surface area contributed by atoms with Crippen molar-refractivity contribution in [2.45, 2.75) is 314 Å². The number of nitrogens with zero attached hydrogens (tertiary/aromatic N) is 4. The number of nitrogens with one attached hydrogen (secondary N) is 4. The van der Waals surface area contributed by atoms with Crippen LogP contribution in [-0.2, 0) is 65.0 Å². The lowest BCUT2D eigenvalue weighted by atomic mass is 9.78. The first-order valence-corrected chi connectivity index (χ1v) is 49.3. The van der Waals surface area contributed by atoms with E-state index in [0.29, 0.717) is 37.7 Å². The SMILES string of the molecule is CC(C)(C)c1cc(-c2c3nc(c(-c4cc(C(C)(C)C)cc(C(C)(C)C)c4)c4[nH]c5c(c6nc(c(-c7cc(C(C)(C)C)cc(C(C)(C)C)c7)c7ccc2[nH]7)C=C6)c2c(Cl)c6nc2c(c2ccc([nH]2)c(-c2cc(C(C)(C)C)cc(C(C)(C)C)c2)c2nc(c(-c7cc(C(C)(C)C)cc(C(C)(C)C)c7)c7ccc([nH]7)c6-c6cc(C(C)(C)C)cc(C(C)(C)C)c6)C=C2)c5c4Cl)C=C3)cc(C(C)(C)C)c1. The number of aromatic amines is 4. The Kier molecular flexibility index (Phi) is 22.5. The summed E-state index contributed by atoms with van der Waals surface area (Å²) in [5, 5.41) is 3.93. The predicted octanol–water partition coefficient (Wildman–Crippen LogP) is 36.4. The molecule has 692 valence electrons. The molecule has 0 fully saturated rings. The van der Waals surface area contributed by atoms with E-state index in [1.807, 2.05) is 0 Å². The molecular formula is C124H142Cl2N8. The van der Waals surface area contributed by atoms with Gasteiger partial charge in [0.25, 0.3) is 0 Å². The summed E-state index contributed by atoms with van der Waals surface area (Å²) in [6.07, 6.45) is 13.4. The van der Waals surface area contributed by atoms with Crippen LogP contribution in [0.25, 0.3) is 180 Å². The number of halogens is 2. The van der Waals surface area contributed by atoms with Gasteiger partial charge in [0, 0.05) is 88.0 Å². The van der Waals surface area contributed by atoms with Crippen LogP contribution in [0.3, 0.4) is 0 Å². The third kappa shape index (κ3) is 17.6. The molecule has 10 heterocycles. The van der Waals surface area contributed by atoms with Gasteiger partial charge in [-0.3, -0.25) is 0 Å². The average Bonchev–Trinajstić information content (AvgIpc) is 1.53. The van der Waals surface area contributed by atoms with E-state index in [1.165, 1.54) is 66.8 Å². The zero-order chi connectivity index (χ0) is 97.4. The van der Waals surface area contributed by atoms with Crippen LogP contribution in [0.5, 0.6) is 0 Å². The molecule has 0 atom stereocenters. The standard InChI is InChI=1S/C124H142Cl2N8/c1-113(2,3)73-49-67(50-74(61-73)114(4,5)6)97-85-37-39-87(127-85)99(69-53-77(117(13,14)15)63-78(54-69)118(16,17)18)91-43-47-95(131-91)103-106-108(126)112-102(72-59-83(123(31,32)33)66-84(60-72)124(34,35)36)94-46-42-90(130-94)98(68-51-75(115(7,8)9)62-76(52-68)116(10,11)12)86-38-40-88(128-86)100(70-55-79(119(19,20)21)64-80(56-70)120(22,23)24)92-44-48-96(132-92)104(110(106)134-112)105-107(125)111(133-109(103)105)101(93-45-41-89(97)129-93)71-57-81(121(25,26)27)65-82(58-71)122(28,29)30/h37-66,127,130,132-133H,1-36H3. The second kappa shape index (κ2) is 31.9. The molecule has 17 rings (SSSR count). The number of hydrogen-bond acceptors (Lipinski definition) is 4. The van der Waals surface area contributed by atoms with Crippen molar-refractivity contribution in [3.63, 3.8) is 0 Å². The van der Waals surface area contributed by atoms with Gasteiger partial charge in [-0.05, 0) is 238 Å². The summed E-state index contributed by atoms with van der Waals surface area (Å²) in [6.45, 7) is 83.5. The lowest BCUT2D eigenvalue weighted by molar-refractivity contribution is 0.568. The van der Waals surface area contributed by atoms with Crippen LogP contribution in [0.4, 0.5) is 0 Å². The highest BCUT2D eigenvalue weighted by atomic mass is 35.5. The highest BCUT2D eigenvalue weighted by molar-refractivity contribution is 6.49. The number of benzene rings is 7. The van der Waals surface area contributed by atoms with Gasteiger partial charge in [0.2, 0.25) is 0 Å². The number of hydrogen-bond donors (Lipinski definition) is 4. The summed E-state index contributed by atoms with van der Waals surface area (Å²) in [5.74, 6) is 0. The Balaban J connectivity index is 1.19. The smallest absolute Gasteiger partial charge is 0.0930 e. The normalized spacial score (nSPS) is 14.0. The first kappa shape index (κ1) is 94.8. The van der Waals surface area contributed by atoms with Crippen LogP contribution in [0.1, 0.15) is 350 Å². The minimum absolute atomic E-state index is 0.204. The molecule has 134 heavy (non-hydrogen) atoms. The second-order valence-electron chi connectivity index (χ2n) is 51.4. The highest BCUT2D eigenvalue weighted by Crippen LogP contribution is 2.54. The van der Waals surface area contributed by atoms with E-state index in [1.54, 1.807) is 0 Å². The summed E-state index contributed by atoms with van der Waals surface area (Å²) in [5.41, 5.74) is 36.0. The van der Waals surface area contributed by atoms with E-state index >= 15 is 0 Å². The summed E-state index contributed by atoms with van der Waals surface area (Å²) in [7, 11) is 0. The Morgan fingerprint density at radius 1 is 0.179 bits per heavy atom. The first-order chi connectivity index (χ1) is 61.7. The number of aromatic nitrogens is 8. The van der Waals surface area contributed by atoms with E-state index in [9.17, 15) is 0 Å². The zero-order valence-corrected chi connectivity index (χ0v) is 88.4. The second-order valence-corrected chi connectivity index (χ2v) is 52.1. The van der Waals surface area contributed by atoms with Crippen molar-refractivity contribution in [3.05, 3.63) is 257 Å². The molecule has 0 amide bonds. The summed E-state index contributed by atoms with van der Waals surface area (Å²) >= 11 is 18.2. The van der Waals surface area contributed by atoms with Crippen molar-refractivity contribution < 1.29 is 0 Å². The topological polar surface area (TPSA) is 115 Å². The Labute approximate surface area is 808 Å². The minimum atomic E-state index is -0.280. The zero-order valence-electron chi connectivity index (χ0n) is 86.9. The maximum atomic E-state index is 9.13. The van der Waals surface area contributed by atoms with Gasteiger partial charge >= 0.3 is 0 Å². The van der Waals surface area contributed by atoms with Gasteiger partial charge in [-0.25, -0.2) is 19.9 Å². The molecule has 10 heteroatoms. The van der Waals surface area contributed by atoms with Crippen LogP contribution >= 0.6 is 23.2 Å². The van der Waals surface area contributed by atoms with Gasteiger partial charge in [0.05, 0.1) is 66.3 Å². The van der Waals surface area contributed by atoms with Gasteiger partial charge in [-0.2, -0.15) is 0 Å². The van der Waals surface area contributed by atoms with E-state index in [-0.39, 0.29) is 65.0 Å². The molecule has 16 bridgehead atoms. The third-order valence-corrected chi connectivity index (χ3v) is 28.9. The molecule has 7 aromatic heterocycles. The van der Waals surface area contributed by atoms with Crippen molar-refractivity contribution in [1.29, 1.82) is 0 Å². The third-order valence-electron chi connectivity index (χ3n) is 28.2. The molecule has 0 radical (unpaired) electrons. The molecule has 0 saturated carbocycles. The predicted molar refractivity (Wildman–Crippen MR) is 584 cm³/mol. The Hall–Kier alpha value is -10.9. The molecule has 14 aromatic rings. The molecule has 3 aliphatic heterocycles. The number of fused-ring (bicyclic) bond motifs is 18. The Morgan fingerprint density at radius 3 is 0.649 bits per heavy atom. The average molecular weight is 1820 g/mol. The number of rotatable bonds is 6. The van der Waals surface area contributed by atoms with Gasteiger partial charge in [0.1, 0.15) is 0 Å². The Bertz CT molecular complexity index is 7450. The molecule has 4 N–H and O–H groups in total. The quantitative estimate of drug-likeness (QED) is 0.133. The fraction of sp³-hybridized carbons (Fsp3) is 0.387. The van der Waals surface area contributed by atoms with Crippen LogP contribution in [0.15, 0.2) is 146 Å². The molecule has 0 spiro atoms. The lowest BCUT2D eigenvalue weighted by Crippen LogP contribution is -2.16. The maximum absolute atomic E-state index is 9.13. The molecule has 7 aromatic carbocycles. The summed E-state index contributed by atoms with van der Waals surface area (Å²) in [4.78, 5) is 42.0. The van der Waals surface area contributed by atoms with E-state index in [4.69, 9.17) is 43.1 Å². The van der Waals surface area contributed by atoms with Crippen molar-refractivity contribution in [2.75, 3.05) is 0 Å². The first-order valence-electron chi connectivity index (χ1n) is 48.5. The van der Waals surface area contributed by atoms with Crippen LogP contribution in [-0.4, -0.2) is 39.9 Å². The van der Waals surface area contributed by atoms with Crippen molar-refractivity contribution in [2.24, 2.45) is 0 Å². The van der Waals surface area contributed by atoms with Crippen molar-refractivity contribution in [3.8, 4) is 66.8 Å². The summed E-state index contributed by atoms with van der Waals surface area (Å²) < 4.78 is 0. The molecule has 0 saturated heterocycles. The van der Waals surface area contributed by atoms with E-state index in [0.717, 1.165) is 150 Å². The highest BCUT2D eigenvalue weighted by Gasteiger charge is 2.36. The molecule has 3 aliphatic rings. The van der Waals surface area contributed by atoms with E-state index < -0.39 is 0 Å².